The molecule has 0 saturated heterocycles. The van der Waals surface area contributed by atoms with E-state index in [-0.39, 0.29) is 18.1 Å². The van der Waals surface area contributed by atoms with Crippen LogP contribution in [0.25, 0.3) is 0 Å². The maximum Gasteiger partial charge on any atom is 0.389 e. The quantitative estimate of drug-likeness (QED) is 0.657. The van der Waals surface area contributed by atoms with Crippen molar-refractivity contribution in [2.24, 2.45) is 0 Å². The second kappa shape index (κ2) is 5.34. The first-order chi connectivity index (χ1) is 9.52. The van der Waals surface area contributed by atoms with E-state index in [2.05, 4.69) is 10.4 Å². The van der Waals surface area contributed by atoms with Crippen LogP contribution in [0, 0.1) is 20.2 Å². The number of nitro benzene ring substituents is 1. The summed E-state index contributed by atoms with van der Waals surface area (Å²) in [5, 5.41) is 28.0. The van der Waals surface area contributed by atoms with Gasteiger partial charge in [-0.2, -0.15) is 4.68 Å². The molecule has 104 valence electrons. The van der Waals surface area contributed by atoms with Gasteiger partial charge in [-0.3, -0.25) is 10.1 Å². The fraction of sp³-hybridized carbons (Fsp3) is 0.182. The molecule has 0 amide bonds. The minimum absolute atomic E-state index is 0.0494. The van der Waals surface area contributed by atoms with E-state index in [1.54, 1.807) is 19.2 Å². The summed E-state index contributed by atoms with van der Waals surface area (Å²) in [6.07, 6.45) is 1.45. The van der Waals surface area contributed by atoms with Gasteiger partial charge in [0.05, 0.1) is 28.8 Å². The number of hydrogen-bond donors (Lipinski definition) is 1. The van der Waals surface area contributed by atoms with Gasteiger partial charge in [-0.05, 0) is 4.92 Å². The number of anilines is 1. The number of para-hydroxylation sites is 1. The Hall–Kier alpha value is -2.97. The zero-order chi connectivity index (χ0) is 14.7. The molecule has 0 aliphatic heterocycles. The Labute approximate surface area is 113 Å². The lowest BCUT2D eigenvalue weighted by molar-refractivity contribution is -0.389. The van der Waals surface area contributed by atoms with E-state index in [0.29, 0.717) is 11.3 Å². The Bertz CT molecular complexity index is 667. The van der Waals surface area contributed by atoms with Crippen molar-refractivity contribution in [2.45, 2.75) is 6.54 Å². The molecule has 1 aromatic carbocycles. The lowest BCUT2D eigenvalue weighted by Gasteiger charge is -2.08. The van der Waals surface area contributed by atoms with E-state index >= 15 is 0 Å². The highest BCUT2D eigenvalue weighted by atomic mass is 16.6. The molecular weight excluding hydrogens is 266 g/mol. The Balaban J connectivity index is 2.35. The van der Waals surface area contributed by atoms with E-state index in [4.69, 9.17) is 0 Å². The Morgan fingerprint density at radius 2 is 2.00 bits per heavy atom. The van der Waals surface area contributed by atoms with Crippen molar-refractivity contribution in [3.63, 3.8) is 0 Å². The third kappa shape index (κ3) is 2.55. The predicted molar refractivity (Wildman–Crippen MR) is 70.6 cm³/mol. The molecule has 9 nitrogen and oxygen atoms in total. The molecule has 0 atom stereocenters. The van der Waals surface area contributed by atoms with Gasteiger partial charge >= 0.3 is 5.82 Å². The van der Waals surface area contributed by atoms with Crippen LogP contribution in [-0.4, -0.2) is 26.7 Å². The summed E-state index contributed by atoms with van der Waals surface area (Å²) >= 11 is 0. The van der Waals surface area contributed by atoms with Gasteiger partial charge in [0.25, 0.3) is 5.69 Å². The zero-order valence-corrected chi connectivity index (χ0v) is 10.5. The van der Waals surface area contributed by atoms with Crippen molar-refractivity contribution in [3.05, 3.63) is 56.3 Å². The second-order valence-corrected chi connectivity index (χ2v) is 3.95. The van der Waals surface area contributed by atoms with Gasteiger partial charge in [-0.15, -0.1) is 0 Å². The van der Waals surface area contributed by atoms with Gasteiger partial charge in [0, 0.05) is 18.7 Å². The van der Waals surface area contributed by atoms with Gasteiger partial charge in [0.2, 0.25) is 0 Å². The van der Waals surface area contributed by atoms with E-state index in [1.807, 2.05) is 0 Å². The molecule has 0 spiro atoms. The van der Waals surface area contributed by atoms with Crippen molar-refractivity contribution in [2.75, 3.05) is 12.4 Å². The number of rotatable bonds is 5. The molecule has 2 rings (SSSR count). The molecule has 0 bridgehead atoms. The SMILES string of the molecule is CNc1c(Cn2ccc([N+](=O)[O-])n2)cccc1[N+](=O)[O-]. The van der Waals surface area contributed by atoms with Crippen LogP contribution in [0.4, 0.5) is 17.2 Å². The van der Waals surface area contributed by atoms with Crippen LogP contribution in [0.1, 0.15) is 5.56 Å². The Kier molecular flexibility index (Phi) is 3.60. The second-order valence-electron chi connectivity index (χ2n) is 3.95. The average molecular weight is 277 g/mol. The van der Waals surface area contributed by atoms with Crippen LogP contribution in [-0.2, 0) is 6.54 Å². The lowest BCUT2D eigenvalue weighted by atomic mass is 10.1. The Morgan fingerprint density at radius 1 is 1.25 bits per heavy atom. The summed E-state index contributed by atoms with van der Waals surface area (Å²) in [4.78, 5) is 20.4. The maximum absolute atomic E-state index is 10.9. The van der Waals surface area contributed by atoms with E-state index in [1.165, 1.54) is 23.0 Å². The van der Waals surface area contributed by atoms with Gasteiger partial charge in [-0.25, -0.2) is 0 Å². The lowest BCUT2D eigenvalue weighted by Crippen LogP contribution is -2.06. The third-order valence-electron chi connectivity index (χ3n) is 2.72. The number of benzene rings is 1. The normalized spacial score (nSPS) is 10.2. The summed E-state index contributed by atoms with van der Waals surface area (Å²) in [5.41, 5.74) is 0.946. The Morgan fingerprint density at radius 3 is 2.55 bits per heavy atom. The van der Waals surface area contributed by atoms with Gasteiger partial charge in [-0.1, -0.05) is 12.1 Å². The minimum Gasteiger partial charge on any atom is -0.382 e. The van der Waals surface area contributed by atoms with Crippen LogP contribution in [0.2, 0.25) is 0 Å². The first kappa shape index (κ1) is 13.5. The van der Waals surface area contributed by atoms with Crippen molar-refractivity contribution >= 4 is 17.2 Å². The molecule has 1 aromatic heterocycles. The van der Waals surface area contributed by atoms with Gasteiger partial charge < -0.3 is 15.4 Å². The molecular formula is C11H11N5O4. The first-order valence-corrected chi connectivity index (χ1v) is 5.65. The third-order valence-corrected chi connectivity index (χ3v) is 2.72. The summed E-state index contributed by atoms with van der Waals surface area (Å²) < 4.78 is 1.36. The van der Waals surface area contributed by atoms with Crippen LogP contribution in [0.5, 0.6) is 0 Å². The standard InChI is InChI=1S/C11H11N5O4/c1-12-11-8(3-2-4-9(11)15(17)18)7-14-6-5-10(13-14)16(19)20/h2-6,12H,7H2,1H3. The van der Waals surface area contributed by atoms with Crippen molar-refractivity contribution < 1.29 is 9.85 Å². The number of hydrogen-bond acceptors (Lipinski definition) is 6. The maximum atomic E-state index is 10.9. The molecule has 0 aliphatic carbocycles. The molecule has 0 unspecified atom stereocenters. The fourth-order valence-corrected chi connectivity index (χ4v) is 1.87. The van der Waals surface area contributed by atoms with Crippen molar-refractivity contribution in [1.29, 1.82) is 0 Å². The van der Waals surface area contributed by atoms with Crippen molar-refractivity contribution in [3.8, 4) is 0 Å². The number of nitrogens with one attached hydrogen (secondary N) is 1. The zero-order valence-electron chi connectivity index (χ0n) is 10.5. The monoisotopic (exact) mass is 277 g/mol. The van der Waals surface area contributed by atoms with Crippen LogP contribution < -0.4 is 5.32 Å². The summed E-state index contributed by atoms with van der Waals surface area (Å²) in [5.74, 6) is -0.263. The smallest absolute Gasteiger partial charge is 0.382 e. The molecule has 0 saturated carbocycles. The molecule has 0 fully saturated rings. The molecule has 2 aromatic rings. The van der Waals surface area contributed by atoms with Gasteiger partial charge in [0.15, 0.2) is 0 Å². The molecule has 1 heterocycles. The van der Waals surface area contributed by atoms with E-state index in [0.717, 1.165) is 0 Å². The fourth-order valence-electron chi connectivity index (χ4n) is 1.87. The molecule has 0 radical (unpaired) electrons. The van der Waals surface area contributed by atoms with Crippen LogP contribution >= 0.6 is 0 Å². The number of nitro groups is 2. The molecule has 20 heavy (non-hydrogen) atoms. The summed E-state index contributed by atoms with van der Waals surface area (Å²) in [7, 11) is 1.58. The van der Waals surface area contributed by atoms with E-state index < -0.39 is 9.85 Å². The number of nitrogens with zero attached hydrogens (tertiary/aromatic N) is 4. The molecule has 0 aliphatic rings. The minimum atomic E-state index is -0.594. The summed E-state index contributed by atoms with van der Waals surface area (Å²) in [6, 6.07) is 5.93. The molecule has 9 heteroatoms. The topological polar surface area (TPSA) is 116 Å². The van der Waals surface area contributed by atoms with Crippen LogP contribution in [0.15, 0.2) is 30.5 Å². The van der Waals surface area contributed by atoms with E-state index in [9.17, 15) is 20.2 Å². The van der Waals surface area contributed by atoms with Gasteiger partial charge in [0.1, 0.15) is 5.69 Å². The van der Waals surface area contributed by atoms with Crippen LogP contribution in [0.3, 0.4) is 0 Å². The molecule has 1 N–H and O–H groups in total. The highest BCUT2D eigenvalue weighted by molar-refractivity contribution is 5.66. The average Bonchev–Trinajstić information content (AvgIpc) is 2.87. The van der Waals surface area contributed by atoms with Crippen molar-refractivity contribution in [1.82, 2.24) is 9.78 Å². The largest absolute Gasteiger partial charge is 0.389 e. The highest BCUT2D eigenvalue weighted by Gasteiger charge is 2.18. The predicted octanol–water partition coefficient (Wildman–Crippen LogP) is 1.79. The number of aromatic nitrogens is 2. The highest BCUT2D eigenvalue weighted by Crippen LogP contribution is 2.28. The first-order valence-electron chi connectivity index (χ1n) is 5.65. The summed E-state index contributed by atoms with van der Waals surface area (Å²) in [6.45, 7) is 0.200.